The predicted molar refractivity (Wildman–Crippen MR) is 96.4 cm³/mol. The molecule has 1 aliphatic heterocycles. The van der Waals surface area contributed by atoms with Crippen LogP contribution in [0.3, 0.4) is 0 Å². The van der Waals surface area contributed by atoms with Crippen LogP contribution in [0.25, 0.3) is 11.3 Å². The average Bonchev–Trinajstić information content (AvgIpc) is 3.22. The summed E-state index contributed by atoms with van der Waals surface area (Å²) >= 11 is 0. The maximum absolute atomic E-state index is 11.1. The number of carbonyl (C=O) groups is 1. The molecule has 2 unspecified atom stereocenters. The van der Waals surface area contributed by atoms with Crippen LogP contribution < -0.4 is 11.1 Å². The van der Waals surface area contributed by atoms with Gasteiger partial charge in [0.2, 0.25) is 5.76 Å². The maximum atomic E-state index is 11.1. The van der Waals surface area contributed by atoms with Gasteiger partial charge in [-0.15, -0.1) is 0 Å². The van der Waals surface area contributed by atoms with Crippen molar-refractivity contribution < 1.29 is 9.32 Å². The number of hydrogen-bond donors (Lipinski definition) is 2. The van der Waals surface area contributed by atoms with E-state index >= 15 is 0 Å². The summed E-state index contributed by atoms with van der Waals surface area (Å²) < 4.78 is 4.94. The van der Waals surface area contributed by atoms with Gasteiger partial charge >= 0.3 is 0 Å². The van der Waals surface area contributed by atoms with Crippen molar-refractivity contribution >= 4 is 11.6 Å². The number of nitrogens with one attached hydrogen (secondary N) is 1. The predicted octanol–water partition coefficient (Wildman–Crippen LogP) is 3.58. The van der Waals surface area contributed by atoms with Crippen molar-refractivity contribution in [2.75, 3.05) is 5.32 Å². The van der Waals surface area contributed by atoms with Gasteiger partial charge < -0.3 is 15.6 Å². The Bertz CT molecular complexity index is 915. The van der Waals surface area contributed by atoms with Crippen LogP contribution in [0.4, 0.5) is 5.69 Å². The normalized spacial score (nSPS) is 18.6. The molecule has 0 radical (unpaired) electrons. The van der Waals surface area contributed by atoms with Crippen LogP contribution in [0.1, 0.15) is 34.5 Å². The van der Waals surface area contributed by atoms with Crippen LogP contribution in [-0.4, -0.2) is 17.1 Å². The molecular weight excluding hydrogens is 314 g/mol. The Morgan fingerprint density at radius 3 is 2.68 bits per heavy atom. The van der Waals surface area contributed by atoms with E-state index in [1.54, 1.807) is 6.07 Å². The molecule has 126 valence electrons. The van der Waals surface area contributed by atoms with E-state index in [9.17, 15) is 4.79 Å². The average molecular weight is 333 g/mol. The summed E-state index contributed by atoms with van der Waals surface area (Å²) in [4.78, 5) is 11.1. The third kappa shape index (κ3) is 2.89. The van der Waals surface area contributed by atoms with Crippen molar-refractivity contribution in [1.29, 1.82) is 0 Å². The Morgan fingerprint density at radius 2 is 1.96 bits per heavy atom. The molecule has 2 aromatic carbocycles. The van der Waals surface area contributed by atoms with E-state index in [0.717, 1.165) is 12.0 Å². The molecule has 0 saturated heterocycles. The molecule has 3 N–H and O–H groups in total. The number of anilines is 1. The van der Waals surface area contributed by atoms with Crippen molar-refractivity contribution in [1.82, 2.24) is 5.16 Å². The fraction of sp³-hybridized carbons (Fsp3) is 0.200. The number of rotatable bonds is 4. The van der Waals surface area contributed by atoms with Gasteiger partial charge in [-0.1, -0.05) is 47.6 Å². The number of hydrogen-bond acceptors (Lipinski definition) is 4. The van der Waals surface area contributed by atoms with Gasteiger partial charge in [-0.25, -0.2) is 0 Å². The Balaban J connectivity index is 1.54. The molecule has 0 saturated carbocycles. The fourth-order valence-electron chi connectivity index (χ4n) is 3.45. The maximum Gasteiger partial charge on any atom is 0.287 e. The minimum atomic E-state index is -0.614. The minimum Gasteiger partial charge on any atom is -0.382 e. The number of nitrogens with two attached hydrogens (primary N) is 1. The fourth-order valence-corrected chi connectivity index (χ4v) is 3.45. The Labute approximate surface area is 145 Å². The smallest absolute Gasteiger partial charge is 0.287 e. The largest absolute Gasteiger partial charge is 0.382 e. The zero-order valence-corrected chi connectivity index (χ0v) is 13.9. The summed E-state index contributed by atoms with van der Waals surface area (Å²) in [6.07, 6.45) is 0.969. The number of fused-ring (bicyclic) bond motifs is 1. The monoisotopic (exact) mass is 333 g/mol. The zero-order chi connectivity index (χ0) is 17.4. The van der Waals surface area contributed by atoms with E-state index in [-0.39, 0.29) is 5.76 Å². The van der Waals surface area contributed by atoms with E-state index in [1.807, 2.05) is 12.1 Å². The highest BCUT2D eigenvalue weighted by Gasteiger charge is 2.28. The molecule has 0 fully saturated rings. The molecule has 25 heavy (non-hydrogen) atoms. The quantitative estimate of drug-likeness (QED) is 0.764. The van der Waals surface area contributed by atoms with E-state index in [1.165, 1.54) is 16.8 Å². The van der Waals surface area contributed by atoms with E-state index < -0.39 is 5.91 Å². The number of benzene rings is 2. The molecule has 4 rings (SSSR count). The summed E-state index contributed by atoms with van der Waals surface area (Å²) in [5.74, 6) is -0.0890. The Morgan fingerprint density at radius 1 is 1.20 bits per heavy atom. The summed E-state index contributed by atoms with van der Waals surface area (Å²) in [7, 11) is 0. The van der Waals surface area contributed by atoms with Gasteiger partial charge in [0.05, 0.1) is 0 Å². The second-order valence-electron chi connectivity index (χ2n) is 6.47. The van der Waals surface area contributed by atoms with Gasteiger partial charge in [0.15, 0.2) is 0 Å². The first-order valence-corrected chi connectivity index (χ1v) is 8.33. The molecule has 0 bridgehead atoms. The van der Waals surface area contributed by atoms with Gasteiger partial charge in [0.25, 0.3) is 5.91 Å². The lowest BCUT2D eigenvalue weighted by atomic mass is 9.89. The van der Waals surface area contributed by atoms with Gasteiger partial charge in [0, 0.05) is 29.3 Å². The summed E-state index contributed by atoms with van der Waals surface area (Å²) in [6, 6.07) is 18.7. The summed E-state index contributed by atoms with van der Waals surface area (Å²) in [6.45, 7) is 2.22. The number of aromatic nitrogens is 1. The first kappa shape index (κ1) is 15.4. The van der Waals surface area contributed by atoms with Crippen LogP contribution in [0.2, 0.25) is 0 Å². The molecule has 5 nitrogen and oxygen atoms in total. The lowest BCUT2D eigenvalue weighted by Gasteiger charge is -2.16. The standard InChI is InChI=1S/C20H19N3O2/c1-12-16(15-4-2-3-5-17(15)22-12)10-13-6-8-14(9-7-13)18-11-19(20(21)24)25-23-18/h2-9,11-12,16,22H,10H2,1H3,(H2,21,24). The van der Waals surface area contributed by atoms with Crippen molar-refractivity contribution in [3.63, 3.8) is 0 Å². The SMILES string of the molecule is CC1Nc2ccccc2C1Cc1ccc(-c2cc(C(N)=O)on2)cc1. The third-order valence-electron chi connectivity index (χ3n) is 4.81. The van der Waals surface area contributed by atoms with Gasteiger partial charge in [-0.3, -0.25) is 4.79 Å². The van der Waals surface area contributed by atoms with Crippen molar-refractivity contribution in [3.05, 3.63) is 71.5 Å². The second-order valence-corrected chi connectivity index (χ2v) is 6.47. The minimum absolute atomic E-state index is 0.0709. The molecule has 3 aromatic rings. The number of para-hydroxylation sites is 1. The molecule has 1 aliphatic rings. The molecule has 0 aliphatic carbocycles. The van der Waals surface area contributed by atoms with Crippen molar-refractivity contribution in [3.8, 4) is 11.3 Å². The van der Waals surface area contributed by atoms with Crippen LogP contribution >= 0.6 is 0 Å². The number of nitrogens with zero attached hydrogens (tertiary/aromatic N) is 1. The van der Waals surface area contributed by atoms with Crippen molar-refractivity contribution in [2.24, 2.45) is 5.73 Å². The van der Waals surface area contributed by atoms with Crippen LogP contribution in [-0.2, 0) is 6.42 Å². The summed E-state index contributed by atoms with van der Waals surface area (Å²) in [5.41, 5.74) is 10.6. The highest BCUT2D eigenvalue weighted by Crippen LogP contribution is 2.37. The topological polar surface area (TPSA) is 81.1 Å². The number of amides is 1. The van der Waals surface area contributed by atoms with Gasteiger partial charge in [-0.2, -0.15) is 0 Å². The molecule has 1 amide bonds. The van der Waals surface area contributed by atoms with Crippen LogP contribution in [0.15, 0.2) is 59.1 Å². The van der Waals surface area contributed by atoms with Gasteiger partial charge in [-0.05, 0) is 30.5 Å². The first-order chi connectivity index (χ1) is 12.1. The van der Waals surface area contributed by atoms with Crippen LogP contribution in [0.5, 0.6) is 0 Å². The third-order valence-corrected chi connectivity index (χ3v) is 4.81. The van der Waals surface area contributed by atoms with E-state index in [0.29, 0.717) is 17.7 Å². The molecular formula is C20H19N3O2. The highest BCUT2D eigenvalue weighted by molar-refractivity contribution is 5.90. The zero-order valence-electron chi connectivity index (χ0n) is 13.9. The van der Waals surface area contributed by atoms with E-state index in [2.05, 4.69) is 53.8 Å². The summed E-state index contributed by atoms with van der Waals surface area (Å²) in [5, 5.41) is 7.45. The molecule has 0 spiro atoms. The Kier molecular flexibility index (Phi) is 3.76. The lowest BCUT2D eigenvalue weighted by molar-refractivity contribution is 0.0965. The number of primary amides is 1. The van der Waals surface area contributed by atoms with Crippen molar-refractivity contribution in [2.45, 2.75) is 25.3 Å². The molecule has 2 atom stereocenters. The Hall–Kier alpha value is -3.08. The van der Waals surface area contributed by atoms with Crippen LogP contribution in [0, 0.1) is 0 Å². The molecule has 2 heterocycles. The second kappa shape index (κ2) is 6.09. The highest BCUT2D eigenvalue weighted by atomic mass is 16.5. The van der Waals surface area contributed by atoms with E-state index in [4.69, 9.17) is 10.3 Å². The number of carbonyl (C=O) groups excluding carboxylic acids is 1. The first-order valence-electron chi connectivity index (χ1n) is 8.33. The lowest BCUT2D eigenvalue weighted by Crippen LogP contribution is -2.17. The van der Waals surface area contributed by atoms with Gasteiger partial charge in [0.1, 0.15) is 5.69 Å². The molecule has 1 aromatic heterocycles. The molecule has 5 heteroatoms.